The zero-order valence-corrected chi connectivity index (χ0v) is 21.6. The van der Waals surface area contributed by atoms with Crippen LogP contribution in [0.4, 0.5) is 5.69 Å². The van der Waals surface area contributed by atoms with Crippen LogP contribution in [0.5, 0.6) is 5.75 Å². The molecule has 1 unspecified atom stereocenters. The molecule has 6 nitrogen and oxygen atoms in total. The second kappa shape index (κ2) is 9.38. The molecule has 0 aliphatic carbocycles. The average Bonchev–Trinajstić information content (AvgIpc) is 2.79. The Kier molecular flexibility index (Phi) is 6.64. The maximum absolute atomic E-state index is 13.7. The van der Waals surface area contributed by atoms with Gasteiger partial charge in [-0.05, 0) is 70.0 Å². The highest BCUT2D eigenvalue weighted by Crippen LogP contribution is 2.40. The summed E-state index contributed by atoms with van der Waals surface area (Å²) in [6.45, 7) is 9.38. The van der Waals surface area contributed by atoms with Crippen molar-refractivity contribution in [1.29, 1.82) is 0 Å². The number of nitrogens with one attached hydrogen (secondary N) is 1. The van der Waals surface area contributed by atoms with E-state index in [1.165, 1.54) is 4.31 Å². The summed E-state index contributed by atoms with van der Waals surface area (Å²) in [5.74, 6) is 0.362. The quantitative estimate of drug-likeness (QED) is 0.512. The van der Waals surface area contributed by atoms with Gasteiger partial charge in [0.25, 0.3) is 10.0 Å². The summed E-state index contributed by atoms with van der Waals surface area (Å²) in [7, 11) is -3.97. The molecular formula is C28H32N2O4S. The van der Waals surface area contributed by atoms with Gasteiger partial charge in [0.15, 0.2) is 0 Å². The lowest BCUT2D eigenvalue weighted by atomic mass is 9.89. The van der Waals surface area contributed by atoms with Gasteiger partial charge in [-0.15, -0.1) is 0 Å². The molecule has 4 rings (SSSR count). The highest BCUT2D eigenvalue weighted by molar-refractivity contribution is 7.92. The molecular weight excluding hydrogens is 460 g/mol. The van der Waals surface area contributed by atoms with Crippen molar-refractivity contribution >= 4 is 21.6 Å². The van der Waals surface area contributed by atoms with Crippen LogP contribution in [0.15, 0.2) is 71.6 Å². The zero-order valence-electron chi connectivity index (χ0n) is 20.8. The first kappa shape index (κ1) is 24.8. The van der Waals surface area contributed by atoms with Crippen molar-refractivity contribution in [3.8, 4) is 5.75 Å². The number of anilines is 1. The third kappa shape index (κ3) is 5.35. The van der Waals surface area contributed by atoms with Crippen molar-refractivity contribution in [3.05, 3.63) is 89.0 Å². The van der Waals surface area contributed by atoms with Gasteiger partial charge in [-0.2, -0.15) is 0 Å². The van der Waals surface area contributed by atoms with Crippen LogP contribution in [-0.4, -0.2) is 26.5 Å². The summed E-state index contributed by atoms with van der Waals surface area (Å²) in [6, 6.07) is 19.4. The Morgan fingerprint density at radius 2 is 1.66 bits per heavy atom. The number of hydrogen-bond donors (Lipinski definition) is 1. The van der Waals surface area contributed by atoms with Gasteiger partial charge in [-0.3, -0.25) is 9.10 Å². The molecule has 1 aliphatic rings. The fourth-order valence-corrected chi connectivity index (χ4v) is 5.98. The lowest BCUT2D eigenvalue weighted by Crippen LogP contribution is -2.45. The lowest BCUT2D eigenvalue weighted by Gasteiger charge is -2.38. The van der Waals surface area contributed by atoms with Crippen LogP contribution in [0, 0.1) is 20.8 Å². The van der Waals surface area contributed by atoms with Crippen LogP contribution in [-0.2, 0) is 14.8 Å². The van der Waals surface area contributed by atoms with Gasteiger partial charge in [-0.25, -0.2) is 8.42 Å². The molecule has 0 aromatic heterocycles. The number of rotatable bonds is 6. The van der Waals surface area contributed by atoms with E-state index in [-0.39, 0.29) is 23.4 Å². The van der Waals surface area contributed by atoms with E-state index in [1.54, 1.807) is 36.4 Å². The van der Waals surface area contributed by atoms with E-state index in [2.05, 4.69) is 5.32 Å². The van der Waals surface area contributed by atoms with Crippen LogP contribution in [0.25, 0.3) is 0 Å². The van der Waals surface area contributed by atoms with Gasteiger partial charge in [0.2, 0.25) is 5.91 Å². The molecule has 0 saturated carbocycles. The van der Waals surface area contributed by atoms with Crippen molar-refractivity contribution in [2.24, 2.45) is 0 Å². The molecule has 1 atom stereocenters. The SMILES string of the molecule is Cc1ccc2c(c1)C(NC(=O)CN(c1cc(C)ccc1C)S(=O)(=O)c1ccccc1)CC(C)(C)O2. The first-order valence-corrected chi connectivity index (χ1v) is 13.1. The first-order valence-electron chi connectivity index (χ1n) is 11.7. The Morgan fingerprint density at radius 1 is 1.00 bits per heavy atom. The normalized spacial score (nSPS) is 16.7. The summed E-state index contributed by atoms with van der Waals surface area (Å²) in [6.07, 6.45) is 0.574. The first-order chi connectivity index (χ1) is 16.5. The third-order valence-corrected chi connectivity index (χ3v) is 7.98. The number of carbonyl (C=O) groups is 1. The van der Waals surface area contributed by atoms with E-state index >= 15 is 0 Å². The van der Waals surface area contributed by atoms with E-state index in [1.807, 2.05) is 65.0 Å². The van der Waals surface area contributed by atoms with E-state index in [0.29, 0.717) is 12.1 Å². The number of nitrogens with zero attached hydrogens (tertiary/aromatic N) is 1. The van der Waals surface area contributed by atoms with E-state index in [0.717, 1.165) is 28.0 Å². The molecule has 3 aromatic carbocycles. The summed E-state index contributed by atoms with van der Waals surface area (Å²) < 4.78 is 34.7. The minimum absolute atomic E-state index is 0.141. The predicted molar refractivity (Wildman–Crippen MR) is 138 cm³/mol. The van der Waals surface area contributed by atoms with Crippen molar-refractivity contribution < 1.29 is 17.9 Å². The molecule has 1 aliphatic heterocycles. The molecule has 1 amide bonds. The lowest BCUT2D eigenvalue weighted by molar-refractivity contribution is -0.120. The van der Waals surface area contributed by atoms with Crippen molar-refractivity contribution in [1.82, 2.24) is 5.32 Å². The second-order valence-electron chi connectivity index (χ2n) is 9.84. The second-order valence-corrected chi connectivity index (χ2v) is 11.7. The van der Waals surface area contributed by atoms with Crippen LogP contribution < -0.4 is 14.4 Å². The van der Waals surface area contributed by atoms with Gasteiger partial charge >= 0.3 is 0 Å². The molecule has 0 bridgehead atoms. The number of fused-ring (bicyclic) bond motifs is 1. The topological polar surface area (TPSA) is 75.7 Å². The highest BCUT2D eigenvalue weighted by Gasteiger charge is 2.36. The minimum atomic E-state index is -3.97. The standard InChI is InChI=1S/C28H32N2O4S/c1-19-12-14-26-23(15-19)24(17-28(4,5)34-26)29-27(31)18-30(25-16-20(2)11-13-21(25)3)35(32,33)22-9-7-6-8-10-22/h6-16,24H,17-18H2,1-5H3,(H,29,31). The summed E-state index contributed by atoms with van der Waals surface area (Å²) >= 11 is 0. The molecule has 0 radical (unpaired) electrons. The monoisotopic (exact) mass is 492 g/mol. The average molecular weight is 493 g/mol. The van der Waals surface area contributed by atoms with Gasteiger partial charge in [0, 0.05) is 12.0 Å². The Bertz CT molecular complexity index is 1350. The Hall–Kier alpha value is -3.32. The van der Waals surface area contributed by atoms with Crippen molar-refractivity contribution in [2.45, 2.75) is 57.6 Å². The number of sulfonamides is 1. The predicted octanol–water partition coefficient (Wildman–Crippen LogP) is 5.23. The maximum atomic E-state index is 13.7. The molecule has 35 heavy (non-hydrogen) atoms. The summed E-state index contributed by atoms with van der Waals surface area (Å²) in [5.41, 5.74) is 3.68. The number of carbonyl (C=O) groups excluding carboxylic acids is 1. The largest absolute Gasteiger partial charge is 0.487 e. The number of aryl methyl sites for hydroxylation is 3. The maximum Gasteiger partial charge on any atom is 0.264 e. The van der Waals surface area contributed by atoms with Crippen LogP contribution in [0.3, 0.4) is 0 Å². The van der Waals surface area contributed by atoms with E-state index < -0.39 is 15.6 Å². The number of hydrogen-bond acceptors (Lipinski definition) is 4. The van der Waals surface area contributed by atoms with E-state index in [9.17, 15) is 13.2 Å². The number of benzene rings is 3. The summed E-state index contributed by atoms with van der Waals surface area (Å²) in [5, 5.41) is 3.09. The van der Waals surface area contributed by atoms with Gasteiger partial charge in [0.05, 0.1) is 16.6 Å². The number of ether oxygens (including phenoxy) is 1. The fourth-order valence-electron chi connectivity index (χ4n) is 4.48. The van der Waals surface area contributed by atoms with Crippen LogP contribution in [0.2, 0.25) is 0 Å². The Labute approximate surface area is 208 Å². The Morgan fingerprint density at radius 3 is 2.37 bits per heavy atom. The number of amides is 1. The highest BCUT2D eigenvalue weighted by atomic mass is 32.2. The smallest absolute Gasteiger partial charge is 0.264 e. The minimum Gasteiger partial charge on any atom is -0.487 e. The molecule has 1 heterocycles. The molecule has 0 fully saturated rings. The van der Waals surface area contributed by atoms with Crippen molar-refractivity contribution in [3.63, 3.8) is 0 Å². The third-order valence-electron chi connectivity index (χ3n) is 6.21. The summed E-state index contributed by atoms with van der Waals surface area (Å²) in [4.78, 5) is 13.6. The van der Waals surface area contributed by atoms with E-state index in [4.69, 9.17) is 4.74 Å². The zero-order chi connectivity index (χ0) is 25.4. The van der Waals surface area contributed by atoms with Gasteiger partial charge in [0.1, 0.15) is 17.9 Å². The molecule has 0 saturated heterocycles. The van der Waals surface area contributed by atoms with Gasteiger partial charge in [-0.1, -0.05) is 48.0 Å². The van der Waals surface area contributed by atoms with Crippen LogP contribution in [0.1, 0.15) is 48.6 Å². The van der Waals surface area contributed by atoms with Crippen LogP contribution >= 0.6 is 0 Å². The Balaban J connectivity index is 1.69. The molecule has 0 spiro atoms. The van der Waals surface area contributed by atoms with Crippen molar-refractivity contribution in [2.75, 3.05) is 10.8 Å². The van der Waals surface area contributed by atoms with Gasteiger partial charge < -0.3 is 10.1 Å². The molecule has 7 heteroatoms. The molecule has 1 N–H and O–H groups in total. The molecule has 3 aromatic rings. The fraction of sp³-hybridized carbons (Fsp3) is 0.321. The molecule has 184 valence electrons.